The standard InChI is InChI=1S/C16H15Cl2N3OS/c1-16(7-14(22)21(2)15(19)20-16)13-6-10(8-23-13)9-3-4-11(17)12(18)5-9/h3-6,8H,7H2,1-2H3,(H2,19,20)/t16-/m0/s1. The van der Waals surface area contributed by atoms with E-state index in [1.165, 1.54) is 4.90 Å². The number of hydrogen-bond acceptors (Lipinski definition) is 3. The summed E-state index contributed by atoms with van der Waals surface area (Å²) < 4.78 is 0. The highest BCUT2D eigenvalue weighted by atomic mass is 35.5. The molecular formula is C16H15Cl2N3OS. The molecule has 0 aliphatic carbocycles. The highest BCUT2D eigenvalue weighted by molar-refractivity contribution is 7.10. The molecule has 2 aromatic rings. The van der Waals surface area contributed by atoms with Gasteiger partial charge in [0.15, 0.2) is 5.96 Å². The zero-order valence-electron chi connectivity index (χ0n) is 12.6. The summed E-state index contributed by atoms with van der Waals surface area (Å²) in [5.74, 6) is 0.0500. The maximum absolute atomic E-state index is 12.1. The van der Waals surface area contributed by atoms with E-state index in [0.29, 0.717) is 16.5 Å². The van der Waals surface area contributed by atoms with Crippen LogP contribution in [0, 0.1) is 5.41 Å². The average molecular weight is 368 g/mol. The van der Waals surface area contributed by atoms with E-state index in [0.717, 1.165) is 16.0 Å². The van der Waals surface area contributed by atoms with Crippen molar-refractivity contribution in [2.75, 3.05) is 7.05 Å². The van der Waals surface area contributed by atoms with E-state index in [4.69, 9.17) is 28.6 Å². The first-order chi connectivity index (χ1) is 10.8. The maximum atomic E-state index is 12.1. The molecular weight excluding hydrogens is 353 g/mol. The van der Waals surface area contributed by atoms with Gasteiger partial charge in [0.25, 0.3) is 0 Å². The predicted octanol–water partition coefficient (Wildman–Crippen LogP) is 4.32. The molecule has 1 fully saturated rings. The molecule has 23 heavy (non-hydrogen) atoms. The Morgan fingerprint density at radius 1 is 1.26 bits per heavy atom. The largest absolute Gasteiger partial charge is 0.345 e. The van der Waals surface area contributed by atoms with Crippen molar-refractivity contribution in [3.05, 3.63) is 44.6 Å². The van der Waals surface area contributed by atoms with Crippen molar-refractivity contribution in [2.24, 2.45) is 0 Å². The van der Waals surface area contributed by atoms with Gasteiger partial charge in [0.1, 0.15) is 0 Å². The second-order valence-corrected chi connectivity index (χ2v) is 7.49. The molecule has 0 bridgehead atoms. The van der Waals surface area contributed by atoms with Gasteiger partial charge in [-0.05, 0) is 41.6 Å². The van der Waals surface area contributed by atoms with E-state index < -0.39 is 5.54 Å². The summed E-state index contributed by atoms with van der Waals surface area (Å²) in [6, 6.07) is 7.54. The third-order valence-corrected chi connectivity index (χ3v) is 5.94. The molecule has 1 saturated heterocycles. The lowest BCUT2D eigenvalue weighted by atomic mass is 9.92. The zero-order chi connectivity index (χ0) is 16.8. The SMILES string of the molecule is CN1C(=N)N[C@](C)(c2cc(-c3ccc(Cl)c(Cl)c3)cs2)CC1=O. The summed E-state index contributed by atoms with van der Waals surface area (Å²) in [5.41, 5.74) is 1.42. The molecule has 3 rings (SSSR count). The molecule has 7 heteroatoms. The second kappa shape index (κ2) is 5.82. The Balaban J connectivity index is 1.93. The molecule has 120 valence electrons. The summed E-state index contributed by atoms with van der Waals surface area (Å²) in [4.78, 5) is 14.4. The number of guanidine groups is 1. The number of halogens is 2. The molecule has 1 aromatic carbocycles. The van der Waals surface area contributed by atoms with Crippen LogP contribution in [0.25, 0.3) is 11.1 Å². The number of thiophene rings is 1. The Kier molecular flexibility index (Phi) is 4.12. The van der Waals surface area contributed by atoms with E-state index >= 15 is 0 Å². The highest BCUT2D eigenvalue weighted by Crippen LogP contribution is 2.37. The molecule has 1 aromatic heterocycles. The Morgan fingerprint density at radius 2 is 2.00 bits per heavy atom. The van der Waals surface area contributed by atoms with Crippen LogP contribution in [0.3, 0.4) is 0 Å². The van der Waals surface area contributed by atoms with Crippen LogP contribution in [0.15, 0.2) is 29.6 Å². The fourth-order valence-corrected chi connectivity index (χ4v) is 3.87. The number of nitrogens with zero attached hydrogens (tertiary/aromatic N) is 1. The van der Waals surface area contributed by atoms with Crippen LogP contribution in [0.2, 0.25) is 10.0 Å². The van der Waals surface area contributed by atoms with Gasteiger partial charge in [0.05, 0.1) is 22.0 Å². The molecule has 2 N–H and O–H groups in total. The predicted molar refractivity (Wildman–Crippen MR) is 95.4 cm³/mol. The lowest BCUT2D eigenvalue weighted by Gasteiger charge is -2.38. The Labute approximate surface area is 148 Å². The Hall–Kier alpha value is -1.56. The number of nitrogens with one attached hydrogen (secondary N) is 2. The smallest absolute Gasteiger partial charge is 0.231 e. The molecule has 2 heterocycles. The fraction of sp³-hybridized carbons (Fsp3) is 0.250. The van der Waals surface area contributed by atoms with Crippen molar-refractivity contribution in [2.45, 2.75) is 18.9 Å². The second-order valence-electron chi connectivity index (χ2n) is 5.76. The van der Waals surface area contributed by atoms with Crippen LogP contribution in [0.1, 0.15) is 18.2 Å². The number of rotatable bonds is 2. The normalized spacial score (nSPS) is 21.5. The van der Waals surface area contributed by atoms with E-state index in [1.807, 2.05) is 30.5 Å². The molecule has 0 unspecified atom stereocenters. The third kappa shape index (κ3) is 2.96. The lowest BCUT2D eigenvalue weighted by molar-refractivity contribution is -0.129. The monoisotopic (exact) mass is 367 g/mol. The molecule has 1 aliphatic rings. The summed E-state index contributed by atoms with van der Waals surface area (Å²) in [6.07, 6.45) is 0.313. The van der Waals surface area contributed by atoms with Gasteiger partial charge in [0.2, 0.25) is 5.91 Å². The molecule has 1 aliphatic heterocycles. The first-order valence-corrected chi connectivity index (χ1v) is 8.61. The van der Waals surface area contributed by atoms with Crippen molar-refractivity contribution < 1.29 is 4.79 Å². The topological polar surface area (TPSA) is 56.2 Å². The van der Waals surface area contributed by atoms with Crippen molar-refractivity contribution in [3.63, 3.8) is 0 Å². The summed E-state index contributed by atoms with van der Waals surface area (Å²) in [7, 11) is 1.60. The van der Waals surface area contributed by atoms with Crippen LogP contribution in [-0.4, -0.2) is 23.8 Å². The summed E-state index contributed by atoms with van der Waals surface area (Å²) >= 11 is 13.6. The van der Waals surface area contributed by atoms with Gasteiger partial charge in [-0.25, -0.2) is 0 Å². The summed E-state index contributed by atoms with van der Waals surface area (Å²) in [6.45, 7) is 1.94. The molecule has 0 radical (unpaired) electrons. The third-order valence-electron chi connectivity index (χ3n) is 4.00. The van der Waals surface area contributed by atoms with Gasteiger partial charge in [-0.15, -0.1) is 11.3 Å². The van der Waals surface area contributed by atoms with Crippen molar-refractivity contribution >= 4 is 46.4 Å². The highest BCUT2D eigenvalue weighted by Gasteiger charge is 2.38. The average Bonchev–Trinajstić information content (AvgIpc) is 2.98. The zero-order valence-corrected chi connectivity index (χ0v) is 14.9. The molecule has 0 spiro atoms. The Bertz CT molecular complexity index is 784. The van der Waals surface area contributed by atoms with E-state index in [-0.39, 0.29) is 11.9 Å². The number of benzene rings is 1. The first kappa shape index (κ1) is 16.3. The van der Waals surface area contributed by atoms with Crippen molar-refractivity contribution in [1.29, 1.82) is 5.41 Å². The fourth-order valence-electron chi connectivity index (χ4n) is 2.54. The maximum Gasteiger partial charge on any atom is 0.231 e. The number of hydrogen-bond donors (Lipinski definition) is 2. The van der Waals surface area contributed by atoms with Gasteiger partial charge in [-0.1, -0.05) is 29.3 Å². The van der Waals surface area contributed by atoms with Crippen LogP contribution in [-0.2, 0) is 10.3 Å². The van der Waals surface area contributed by atoms with Crippen LogP contribution < -0.4 is 5.32 Å². The van der Waals surface area contributed by atoms with Crippen LogP contribution in [0.5, 0.6) is 0 Å². The number of carbonyl (C=O) groups is 1. The molecule has 1 amide bonds. The number of amides is 1. The van der Waals surface area contributed by atoms with Gasteiger partial charge in [-0.2, -0.15) is 0 Å². The molecule has 1 atom stereocenters. The first-order valence-electron chi connectivity index (χ1n) is 6.98. The molecule has 0 saturated carbocycles. The minimum atomic E-state index is -0.570. The van der Waals surface area contributed by atoms with Gasteiger partial charge in [-0.3, -0.25) is 15.1 Å². The van der Waals surface area contributed by atoms with Crippen molar-refractivity contribution in [1.82, 2.24) is 10.2 Å². The van der Waals surface area contributed by atoms with E-state index in [1.54, 1.807) is 24.5 Å². The van der Waals surface area contributed by atoms with E-state index in [9.17, 15) is 4.79 Å². The molecule has 4 nitrogen and oxygen atoms in total. The number of carbonyl (C=O) groups excluding carboxylic acids is 1. The van der Waals surface area contributed by atoms with Crippen LogP contribution >= 0.6 is 34.5 Å². The Morgan fingerprint density at radius 3 is 2.65 bits per heavy atom. The van der Waals surface area contributed by atoms with Crippen molar-refractivity contribution in [3.8, 4) is 11.1 Å². The van der Waals surface area contributed by atoms with Gasteiger partial charge in [0, 0.05) is 11.9 Å². The van der Waals surface area contributed by atoms with Crippen LogP contribution in [0.4, 0.5) is 0 Å². The lowest BCUT2D eigenvalue weighted by Crippen LogP contribution is -2.57. The van der Waals surface area contributed by atoms with E-state index in [2.05, 4.69) is 5.32 Å². The van der Waals surface area contributed by atoms with Gasteiger partial charge >= 0.3 is 0 Å². The summed E-state index contributed by atoms with van der Waals surface area (Å²) in [5, 5.41) is 14.1. The minimum Gasteiger partial charge on any atom is -0.345 e. The van der Waals surface area contributed by atoms with Gasteiger partial charge < -0.3 is 5.32 Å². The quantitative estimate of drug-likeness (QED) is 0.829. The minimum absolute atomic E-state index is 0.0688.